The van der Waals surface area contributed by atoms with Crippen LogP contribution in [0, 0.1) is 11.6 Å². The van der Waals surface area contributed by atoms with Gasteiger partial charge in [-0.05, 0) is 39.3 Å². The summed E-state index contributed by atoms with van der Waals surface area (Å²) in [4.78, 5) is 39.2. The highest BCUT2D eigenvalue weighted by atomic mass is 19.1. The lowest BCUT2D eigenvalue weighted by Gasteiger charge is -2.42. The van der Waals surface area contributed by atoms with Crippen molar-refractivity contribution in [2.24, 2.45) is 0 Å². The molecule has 10 heteroatoms. The van der Waals surface area contributed by atoms with E-state index in [0.29, 0.717) is 18.8 Å². The summed E-state index contributed by atoms with van der Waals surface area (Å²) in [5.41, 5.74) is -0.681. The number of anilines is 1. The number of carbonyl (C=O) groups is 3. The molecule has 0 aliphatic carbocycles. The van der Waals surface area contributed by atoms with Crippen LogP contribution in [-0.2, 0) is 19.1 Å². The fourth-order valence-corrected chi connectivity index (χ4v) is 4.06. The van der Waals surface area contributed by atoms with Gasteiger partial charge in [0.05, 0.1) is 18.6 Å². The molecule has 2 fully saturated rings. The van der Waals surface area contributed by atoms with E-state index >= 15 is 0 Å². The Hall–Kier alpha value is -2.75. The minimum absolute atomic E-state index is 0.0274. The van der Waals surface area contributed by atoms with Gasteiger partial charge in [0.15, 0.2) is 0 Å². The number of methoxy groups -OCH3 is 1. The Morgan fingerprint density at radius 1 is 1.19 bits per heavy atom. The van der Waals surface area contributed by atoms with Crippen molar-refractivity contribution in [3.05, 3.63) is 29.3 Å². The molecule has 2 aliphatic rings. The molecule has 2 saturated heterocycles. The third-order valence-electron chi connectivity index (χ3n) is 5.48. The smallest absolute Gasteiger partial charge is 0.410 e. The Labute approximate surface area is 185 Å². The molecule has 1 aromatic carbocycles. The van der Waals surface area contributed by atoms with Crippen LogP contribution in [0.5, 0.6) is 0 Å². The second-order valence-corrected chi connectivity index (χ2v) is 9.06. The Morgan fingerprint density at radius 2 is 1.84 bits per heavy atom. The van der Waals surface area contributed by atoms with Crippen LogP contribution in [0.2, 0.25) is 0 Å². The number of rotatable bonds is 4. The average molecular weight is 453 g/mol. The summed E-state index contributed by atoms with van der Waals surface area (Å²) in [6.07, 6.45) is -0.373. The number of nitrogens with one attached hydrogen (secondary N) is 1. The van der Waals surface area contributed by atoms with Crippen LogP contribution in [-0.4, -0.2) is 67.8 Å². The molecular weight excluding hydrogens is 424 g/mol. The lowest BCUT2D eigenvalue weighted by molar-refractivity contribution is -0.134. The van der Waals surface area contributed by atoms with Crippen molar-refractivity contribution in [1.29, 1.82) is 0 Å². The molecule has 0 aromatic heterocycles. The highest BCUT2D eigenvalue weighted by Gasteiger charge is 2.35. The van der Waals surface area contributed by atoms with Gasteiger partial charge in [0.1, 0.15) is 17.2 Å². The molecule has 0 radical (unpaired) electrons. The zero-order chi connectivity index (χ0) is 23.6. The van der Waals surface area contributed by atoms with Crippen molar-refractivity contribution < 1.29 is 32.6 Å². The molecule has 0 saturated carbocycles. The van der Waals surface area contributed by atoms with Gasteiger partial charge >= 0.3 is 6.09 Å². The molecule has 3 rings (SSSR count). The van der Waals surface area contributed by atoms with Crippen LogP contribution in [0.25, 0.3) is 0 Å². The van der Waals surface area contributed by atoms with Crippen molar-refractivity contribution in [2.45, 2.75) is 51.2 Å². The third kappa shape index (κ3) is 5.35. The van der Waals surface area contributed by atoms with Gasteiger partial charge in [-0.1, -0.05) is 0 Å². The van der Waals surface area contributed by atoms with E-state index in [4.69, 9.17) is 9.47 Å². The van der Waals surface area contributed by atoms with Crippen LogP contribution in [0.15, 0.2) is 12.1 Å². The summed E-state index contributed by atoms with van der Waals surface area (Å²) >= 11 is 0. The van der Waals surface area contributed by atoms with Crippen LogP contribution >= 0.6 is 0 Å². The Bertz CT molecular complexity index is 879. The van der Waals surface area contributed by atoms with Crippen molar-refractivity contribution in [1.82, 2.24) is 10.2 Å². The van der Waals surface area contributed by atoms with Gasteiger partial charge in [-0.15, -0.1) is 0 Å². The van der Waals surface area contributed by atoms with Crippen LogP contribution in [0.3, 0.4) is 0 Å². The van der Waals surface area contributed by atoms with Gasteiger partial charge in [0.25, 0.3) is 0 Å². The maximum atomic E-state index is 15.0. The first kappa shape index (κ1) is 23.9. The van der Waals surface area contributed by atoms with E-state index in [0.717, 1.165) is 0 Å². The number of piperidine rings is 1. The maximum Gasteiger partial charge on any atom is 0.410 e. The predicted octanol–water partition coefficient (Wildman–Crippen LogP) is 2.56. The third-order valence-corrected chi connectivity index (χ3v) is 5.48. The molecule has 176 valence electrons. The lowest BCUT2D eigenvalue weighted by Crippen LogP contribution is -2.57. The van der Waals surface area contributed by atoms with Gasteiger partial charge in [-0.2, -0.15) is 0 Å². The largest absolute Gasteiger partial charge is 0.444 e. The zero-order valence-electron chi connectivity index (χ0n) is 18.7. The highest BCUT2D eigenvalue weighted by Crippen LogP contribution is 2.33. The van der Waals surface area contributed by atoms with Gasteiger partial charge in [-0.25, -0.2) is 13.6 Å². The molecule has 0 bridgehead atoms. The average Bonchev–Trinajstić information content (AvgIpc) is 2.68. The molecular formula is C22H29F2N3O5. The quantitative estimate of drug-likeness (QED) is 0.705. The summed E-state index contributed by atoms with van der Waals surface area (Å²) < 4.78 is 40.7. The second kappa shape index (κ2) is 9.40. The topological polar surface area (TPSA) is 88.2 Å². The normalized spacial score (nSPS) is 22.1. The monoisotopic (exact) mass is 453 g/mol. The molecule has 32 heavy (non-hydrogen) atoms. The van der Waals surface area contributed by atoms with E-state index < -0.39 is 41.1 Å². The standard InChI is InChI=1S/C22H29F2N3O5/c1-22(2,3)32-21(30)26-7-8-27(14(11-26)12-31-4)13-9-16(23)19(17(24)10-13)15-5-6-18(28)25-20(15)29/h9-10,14-15H,5-8,11-12H2,1-4H3,(H,25,28,29)/t14-,15?/m1/s1. The van der Waals surface area contributed by atoms with Crippen molar-refractivity contribution in [2.75, 3.05) is 38.3 Å². The van der Waals surface area contributed by atoms with Crippen molar-refractivity contribution in [3.63, 3.8) is 0 Å². The van der Waals surface area contributed by atoms with E-state index in [1.165, 1.54) is 19.2 Å². The molecule has 8 nitrogen and oxygen atoms in total. The number of hydrogen-bond acceptors (Lipinski definition) is 6. The number of carbonyl (C=O) groups excluding carboxylic acids is 3. The summed E-state index contributed by atoms with van der Waals surface area (Å²) in [7, 11) is 1.51. The van der Waals surface area contributed by atoms with Gasteiger partial charge in [-0.3, -0.25) is 14.9 Å². The highest BCUT2D eigenvalue weighted by molar-refractivity contribution is 6.01. The van der Waals surface area contributed by atoms with Gasteiger partial charge < -0.3 is 19.3 Å². The summed E-state index contributed by atoms with van der Waals surface area (Å²) in [6.45, 7) is 6.48. The number of benzene rings is 1. The molecule has 1 aromatic rings. The lowest BCUT2D eigenvalue weighted by atomic mass is 9.89. The SMILES string of the molecule is COC[C@H]1CN(C(=O)OC(C)(C)C)CCN1c1cc(F)c(C2CCC(=O)NC2=O)c(F)c1. The van der Waals surface area contributed by atoms with Crippen molar-refractivity contribution in [3.8, 4) is 0 Å². The number of imide groups is 1. The molecule has 0 spiro atoms. The van der Waals surface area contributed by atoms with E-state index in [1.54, 1.807) is 30.6 Å². The predicted molar refractivity (Wildman–Crippen MR) is 112 cm³/mol. The minimum atomic E-state index is -1.06. The number of halogens is 2. The Kier molecular flexibility index (Phi) is 7.02. The fraction of sp³-hybridized carbons (Fsp3) is 0.591. The fourth-order valence-electron chi connectivity index (χ4n) is 4.06. The van der Waals surface area contributed by atoms with Crippen LogP contribution < -0.4 is 10.2 Å². The summed E-state index contributed by atoms with van der Waals surface area (Å²) in [6, 6.07) is 2.03. The van der Waals surface area contributed by atoms with Gasteiger partial charge in [0.2, 0.25) is 11.8 Å². The molecule has 1 unspecified atom stereocenters. The zero-order valence-corrected chi connectivity index (χ0v) is 18.7. The molecule has 3 amide bonds. The van der Waals surface area contributed by atoms with E-state index in [1.807, 2.05) is 0 Å². The van der Waals surface area contributed by atoms with E-state index in [2.05, 4.69) is 5.32 Å². The number of nitrogens with zero attached hydrogens (tertiary/aromatic N) is 2. The molecule has 2 atom stereocenters. The van der Waals surface area contributed by atoms with Crippen molar-refractivity contribution >= 4 is 23.6 Å². The first-order chi connectivity index (χ1) is 15.0. The number of piperazine rings is 1. The Morgan fingerprint density at radius 3 is 2.41 bits per heavy atom. The molecule has 1 N–H and O–H groups in total. The van der Waals surface area contributed by atoms with Gasteiger partial charge in [0, 0.05) is 44.4 Å². The van der Waals surface area contributed by atoms with Crippen LogP contribution in [0.4, 0.5) is 19.3 Å². The number of amides is 3. The van der Waals surface area contributed by atoms with E-state index in [9.17, 15) is 23.2 Å². The first-order valence-corrected chi connectivity index (χ1v) is 10.6. The number of ether oxygens (including phenoxy) is 2. The molecule has 2 aliphatic heterocycles. The number of hydrogen-bond donors (Lipinski definition) is 1. The van der Waals surface area contributed by atoms with Crippen LogP contribution in [0.1, 0.15) is 45.1 Å². The molecule has 2 heterocycles. The summed E-state index contributed by atoms with van der Waals surface area (Å²) in [5.74, 6) is -3.90. The maximum absolute atomic E-state index is 15.0. The first-order valence-electron chi connectivity index (χ1n) is 10.6. The Balaban J connectivity index is 1.81. The minimum Gasteiger partial charge on any atom is -0.444 e. The second-order valence-electron chi connectivity index (χ2n) is 9.06. The van der Waals surface area contributed by atoms with E-state index in [-0.39, 0.29) is 37.6 Å². The summed E-state index contributed by atoms with van der Waals surface area (Å²) in [5, 5.41) is 2.13.